The maximum Gasteiger partial charge on any atom is 0.237 e. The number of ether oxygens (including phenoxy) is 2. The van der Waals surface area contributed by atoms with Gasteiger partial charge in [-0.3, -0.25) is 24.4 Å². The molecular formula is C41H44FN7O4. The molecule has 5 aliphatic rings. The minimum absolute atomic E-state index is 0.112. The van der Waals surface area contributed by atoms with Crippen LogP contribution in [0.1, 0.15) is 54.6 Å². The third kappa shape index (κ3) is 5.65. The quantitative estimate of drug-likeness (QED) is 0.271. The van der Waals surface area contributed by atoms with Crippen molar-refractivity contribution in [3.63, 3.8) is 0 Å². The summed E-state index contributed by atoms with van der Waals surface area (Å²) in [5, 5.41) is 3.11. The fourth-order valence-electron chi connectivity index (χ4n) is 9.55. The summed E-state index contributed by atoms with van der Waals surface area (Å²) in [6.45, 7) is 9.39. The molecule has 2 spiro atoms. The van der Waals surface area contributed by atoms with Gasteiger partial charge in [-0.05, 0) is 55.0 Å². The highest BCUT2D eigenvalue weighted by atomic mass is 19.1. The second-order valence-electron chi connectivity index (χ2n) is 15.8. The summed E-state index contributed by atoms with van der Waals surface area (Å²) in [4.78, 5) is 44.6. The number of pyridine rings is 1. The van der Waals surface area contributed by atoms with Gasteiger partial charge in [0.2, 0.25) is 23.6 Å². The van der Waals surface area contributed by atoms with E-state index in [0.29, 0.717) is 47.2 Å². The zero-order valence-electron chi connectivity index (χ0n) is 30.7. The summed E-state index contributed by atoms with van der Waals surface area (Å²) in [6, 6.07) is 13.7. The lowest BCUT2D eigenvalue weighted by Crippen LogP contribution is -2.72. The first-order valence-electron chi connectivity index (χ1n) is 18.5. The molecule has 2 aromatic carbocycles. The largest absolute Gasteiger partial charge is 0.481 e. The summed E-state index contributed by atoms with van der Waals surface area (Å²) in [5.41, 5.74) is 7.81. The molecule has 274 valence electrons. The number of hydrogen-bond donors (Lipinski definition) is 1. The fourth-order valence-corrected chi connectivity index (χ4v) is 9.55. The van der Waals surface area contributed by atoms with Crippen molar-refractivity contribution in [1.82, 2.24) is 35.0 Å². The smallest absolute Gasteiger partial charge is 0.237 e. The summed E-state index contributed by atoms with van der Waals surface area (Å²) in [6.07, 6.45) is 4.98. The van der Waals surface area contributed by atoms with Crippen LogP contribution in [0, 0.1) is 18.2 Å². The number of nitrogens with one attached hydrogen (secondary N) is 1. The lowest BCUT2D eigenvalue weighted by molar-refractivity contribution is -0.161. The zero-order chi connectivity index (χ0) is 36.6. The molecule has 0 unspecified atom stereocenters. The van der Waals surface area contributed by atoms with Crippen molar-refractivity contribution in [3.8, 4) is 45.4 Å². The van der Waals surface area contributed by atoms with E-state index >= 15 is 4.39 Å². The molecule has 6 heterocycles. The van der Waals surface area contributed by atoms with E-state index in [1.165, 1.54) is 11.1 Å². The number of carbonyl (C=O) groups is 2. The maximum atomic E-state index is 16.6. The summed E-state index contributed by atoms with van der Waals surface area (Å²) >= 11 is 0. The van der Waals surface area contributed by atoms with Gasteiger partial charge in [-0.15, -0.1) is 0 Å². The molecule has 0 bridgehead atoms. The third-order valence-electron chi connectivity index (χ3n) is 12.2. The monoisotopic (exact) mass is 717 g/mol. The van der Waals surface area contributed by atoms with Gasteiger partial charge >= 0.3 is 0 Å². The van der Waals surface area contributed by atoms with Crippen LogP contribution in [0.15, 0.2) is 48.7 Å². The predicted molar refractivity (Wildman–Crippen MR) is 197 cm³/mol. The molecule has 9 rings (SSSR count). The van der Waals surface area contributed by atoms with Gasteiger partial charge in [0.1, 0.15) is 11.5 Å². The minimum atomic E-state index is -0.383. The Hall–Kier alpha value is -4.94. The van der Waals surface area contributed by atoms with Gasteiger partial charge in [0, 0.05) is 92.9 Å². The second kappa shape index (κ2) is 12.6. The number of likely N-dealkylation sites (tertiary alicyclic amines) is 3. The number of rotatable bonds is 8. The molecule has 2 aromatic heterocycles. The first-order chi connectivity index (χ1) is 25.6. The van der Waals surface area contributed by atoms with Gasteiger partial charge in [0.15, 0.2) is 0 Å². The van der Waals surface area contributed by atoms with Crippen molar-refractivity contribution < 1.29 is 23.5 Å². The lowest BCUT2D eigenvalue weighted by atomic mass is 9.72. The molecule has 1 aliphatic carbocycles. The summed E-state index contributed by atoms with van der Waals surface area (Å²) < 4.78 is 28.1. The van der Waals surface area contributed by atoms with Crippen LogP contribution in [0.4, 0.5) is 4.39 Å². The van der Waals surface area contributed by atoms with Gasteiger partial charge < -0.3 is 19.7 Å². The van der Waals surface area contributed by atoms with E-state index in [1.54, 1.807) is 39.5 Å². The molecular weight excluding hydrogens is 673 g/mol. The van der Waals surface area contributed by atoms with E-state index in [1.807, 2.05) is 36.1 Å². The van der Waals surface area contributed by atoms with Crippen molar-refractivity contribution in [2.45, 2.75) is 57.7 Å². The van der Waals surface area contributed by atoms with Crippen molar-refractivity contribution in [2.75, 3.05) is 53.5 Å². The molecule has 4 saturated heterocycles. The molecule has 0 saturated carbocycles. The lowest BCUT2D eigenvalue weighted by Gasteiger charge is -2.61. The average molecular weight is 718 g/mol. The number of benzene rings is 2. The Morgan fingerprint density at radius 2 is 1.62 bits per heavy atom. The molecule has 2 amide bonds. The van der Waals surface area contributed by atoms with Crippen LogP contribution in [0.2, 0.25) is 0 Å². The first kappa shape index (κ1) is 33.9. The van der Waals surface area contributed by atoms with Crippen LogP contribution in [0.25, 0.3) is 33.6 Å². The van der Waals surface area contributed by atoms with Crippen LogP contribution in [0.5, 0.6) is 11.8 Å². The molecule has 1 N–H and O–H groups in total. The molecule has 12 heteroatoms. The number of aryl methyl sites for hydroxylation is 1. The minimum Gasteiger partial charge on any atom is -0.481 e. The highest BCUT2D eigenvalue weighted by Crippen LogP contribution is 2.50. The van der Waals surface area contributed by atoms with E-state index in [-0.39, 0.29) is 34.6 Å². The van der Waals surface area contributed by atoms with E-state index in [4.69, 9.17) is 19.4 Å². The fraction of sp³-hybridized carbons (Fsp3) is 0.439. The Balaban J connectivity index is 0.958. The van der Waals surface area contributed by atoms with Gasteiger partial charge in [0.25, 0.3) is 0 Å². The van der Waals surface area contributed by atoms with Crippen LogP contribution in [-0.4, -0.2) is 100 Å². The van der Waals surface area contributed by atoms with Crippen molar-refractivity contribution >= 4 is 11.8 Å². The second-order valence-corrected chi connectivity index (χ2v) is 15.8. The number of methoxy groups -OCH3 is 2. The average Bonchev–Trinajstić information content (AvgIpc) is 3.71. The zero-order valence-corrected chi connectivity index (χ0v) is 30.7. The maximum absolute atomic E-state index is 16.6. The number of amides is 2. The van der Waals surface area contributed by atoms with Gasteiger partial charge in [-0.1, -0.05) is 30.3 Å². The number of fused-ring (bicyclic) bond motifs is 1. The number of nitrogens with zero attached hydrogens (tertiary/aromatic N) is 6. The Kier molecular flexibility index (Phi) is 8.04. The van der Waals surface area contributed by atoms with Crippen LogP contribution in [0.3, 0.4) is 0 Å². The van der Waals surface area contributed by atoms with Crippen LogP contribution < -0.4 is 14.8 Å². The molecule has 4 aliphatic heterocycles. The number of halogens is 1. The SMILES string of the molecule is COc1nc(-c2cccc(-c3cccc(-c4cc5c(c(OC)n4)[C@@H](N4CC6(CN(C(C)=O)C6)C4)CC5)c3C)c2F)cnc1CN1CC2(CCC(=O)N2)C1. The molecule has 4 fully saturated rings. The van der Waals surface area contributed by atoms with Gasteiger partial charge in [-0.25, -0.2) is 14.4 Å². The van der Waals surface area contributed by atoms with E-state index < -0.39 is 0 Å². The van der Waals surface area contributed by atoms with Crippen LogP contribution in [-0.2, 0) is 22.6 Å². The van der Waals surface area contributed by atoms with E-state index in [9.17, 15) is 9.59 Å². The van der Waals surface area contributed by atoms with Crippen molar-refractivity contribution in [1.29, 1.82) is 0 Å². The molecule has 11 nitrogen and oxygen atoms in total. The standard InChI is InChI=1S/C41H44FN7O4/c1-24-27(29-9-6-10-30(37(29)42)32-16-43-33(38(45-32)52-3)17-47-22-41(23-47)14-13-35(51)46-41)7-5-8-28(24)31-15-26-11-12-34(36(26)39(44-31)53-4)49-20-40(21-49)18-48(19-40)25(2)50/h5-10,15-16,34H,11-14,17-23H2,1-4H3,(H,46,51)/t34-/m0/s1. The number of aromatic nitrogens is 3. The van der Waals surface area contributed by atoms with Gasteiger partial charge in [0.05, 0.1) is 37.3 Å². The highest BCUT2D eigenvalue weighted by molar-refractivity contribution is 5.81. The van der Waals surface area contributed by atoms with Gasteiger partial charge in [-0.2, -0.15) is 0 Å². The number of hydrogen-bond acceptors (Lipinski definition) is 9. The topological polar surface area (TPSA) is 113 Å². The molecule has 0 radical (unpaired) electrons. The van der Waals surface area contributed by atoms with Crippen LogP contribution >= 0.6 is 0 Å². The van der Waals surface area contributed by atoms with E-state index in [2.05, 4.69) is 26.2 Å². The highest BCUT2D eigenvalue weighted by Gasteiger charge is 2.55. The Morgan fingerprint density at radius 3 is 2.32 bits per heavy atom. The summed E-state index contributed by atoms with van der Waals surface area (Å²) in [5.74, 6) is 0.889. The summed E-state index contributed by atoms with van der Waals surface area (Å²) in [7, 11) is 3.23. The van der Waals surface area contributed by atoms with E-state index in [0.717, 1.165) is 80.9 Å². The molecule has 53 heavy (non-hydrogen) atoms. The molecule has 1 atom stereocenters. The third-order valence-corrected chi connectivity index (χ3v) is 12.2. The predicted octanol–water partition coefficient (Wildman–Crippen LogP) is 4.95. The Bertz CT molecular complexity index is 2150. The number of carbonyl (C=O) groups excluding carboxylic acids is 2. The molecule has 4 aromatic rings. The first-order valence-corrected chi connectivity index (χ1v) is 18.5. The van der Waals surface area contributed by atoms with Crippen molar-refractivity contribution in [3.05, 3.63) is 76.9 Å². The normalized spacial score (nSPS) is 21.2. The Labute approximate surface area is 308 Å². The Morgan fingerprint density at radius 1 is 0.925 bits per heavy atom. The van der Waals surface area contributed by atoms with Crippen molar-refractivity contribution in [2.24, 2.45) is 5.41 Å².